The quantitative estimate of drug-likeness (QED) is 0.772. The van der Waals surface area contributed by atoms with Gasteiger partial charge in [0.2, 0.25) is 0 Å². The maximum absolute atomic E-state index is 5.69. The second kappa shape index (κ2) is 6.16. The number of fused-ring (bicyclic) bond motifs is 6. The molecule has 1 N–H and O–H groups in total. The minimum absolute atomic E-state index is 0.316. The van der Waals surface area contributed by atoms with Gasteiger partial charge >= 0.3 is 0 Å². The molecule has 0 unspecified atom stereocenters. The average molecular weight is 365 g/mol. The molecule has 0 saturated carbocycles. The highest BCUT2D eigenvalue weighted by molar-refractivity contribution is 5.86. The first-order valence-electron chi connectivity index (χ1n) is 9.24. The highest BCUT2D eigenvalue weighted by Gasteiger charge is 2.36. The number of aromatic nitrogens is 2. The fourth-order valence-corrected chi connectivity index (χ4v) is 4.72. The van der Waals surface area contributed by atoms with Gasteiger partial charge in [0.25, 0.3) is 0 Å². The Kier molecular flexibility index (Phi) is 3.75. The molecule has 2 aromatic carbocycles. The Hall–Kier alpha value is -2.73. The summed E-state index contributed by atoms with van der Waals surface area (Å²) in [6.07, 6.45) is 3.70. The summed E-state index contributed by atoms with van der Waals surface area (Å²) in [7, 11) is 5.12. The van der Waals surface area contributed by atoms with E-state index >= 15 is 0 Å². The molecular weight excluding hydrogens is 342 g/mol. The standard InChI is InChI=1S/C21H23N3O3/c1-25-16-5-4-12-8-15-18-13(6-7-24(15)10-14(12)21(16)27-3)9-17(26-2)19-20(18)23-11-22-19/h4-5,9,11,15H,6-8,10H2,1-3H3,(H,22,23)/t15-/m0/s1. The van der Waals surface area contributed by atoms with Crippen LogP contribution in [0.2, 0.25) is 0 Å². The van der Waals surface area contributed by atoms with Crippen LogP contribution in [0, 0.1) is 0 Å². The number of benzene rings is 2. The number of H-pyrrole nitrogens is 1. The van der Waals surface area contributed by atoms with Crippen LogP contribution >= 0.6 is 0 Å². The Morgan fingerprint density at radius 2 is 1.93 bits per heavy atom. The maximum Gasteiger partial charge on any atom is 0.165 e. The van der Waals surface area contributed by atoms with E-state index in [1.807, 2.05) is 6.07 Å². The van der Waals surface area contributed by atoms with Crippen LogP contribution in [-0.4, -0.2) is 42.7 Å². The molecule has 0 amide bonds. The summed E-state index contributed by atoms with van der Waals surface area (Å²) >= 11 is 0. The molecule has 2 aliphatic heterocycles. The van der Waals surface area contributed by atoms with Crippen molar-refractivity contribution in [3.63, 3.8) is 0 Å². The third kappa shape index (κ3) is 2.33. The molecule has 27 heavy (non-hydrogen) atoms. The number of nitrogens with one attached hydrogen (secondary N) is 1. The van der Waals surface area contributed by atoms with Gasteiger partial charge in [-0.15, -0.1) is 0 Å². The van der Waals surface area contributed by atoms with E-state index in [-0.39, 0.29) is 0 Å². The Morgan fingerprint density at radius 1 is 1.07 bits per heavy atom. The van der Waals surface area contributed by atoms with Crippen molar-refractivity contribution in [3.05, 3.63) is 46.8 Å². The summed E-state index contributed by atoms with van der Waals surface area (Å²) in [5.74, 6) is 2.53. The molecular formula is C21H23N3O3. The summed E-state index contributed by atoms with van der Waals surface area (Å²) in [6.45, 7) is 1.87. The van der Waals surface area contributed by atoms with E-state index in [0.29, 0.717) is 6.04 Å². The predicted molar refractivity (Wildman–Crippen MR) is 103 cm³/mol. The molecule has 0 spiro atoms. The van der Waals surface area contributed by atoms with Gasteiger partial charge in [-0.05, 0) is 36.1 Å². The number of nitrogens with zero attached hydrogens (tertiary/aromatic N) is 2. The lowest BCUT2D eigenvalue weighted by Crippen LogP contribution is -2.39. The topological polar surface area (TPSA) is 59.6 Å². The smallest absolute Gasteiger partial charge is 0.165 e. The Labute approximate surface area is 158 Å². The first-order chi connectivity index (χ1) is 13.2. The van der Waals surface area contributed by atoms with E-state index in [1.54, 1.807) is 27.7 Å². The van der Waals surface area contributed by atoms with Crippen molar-refractivity contribution in [2.75, 3.05) is 27.9 Å². The SMILES string of the molecule is COc1ccc2c(c1OC)CN1CCc3cc(OC)c4[nH]cnc4c3[C@@H]1C2. The molecule has 0 aliphatic carbocycles. The fraction of sp³-hybridized carbons (Fsp3) is 0.381. The van der Waals surface area contributed by atoms with Crippen LogP contribution in [0.5, 0.6) is 17.2 Å². The van der Waals surface area contributed by atoms with E-state index in [9.17, 15) is 0 Å². The maximum atomic E-state index is 5.69. The predicted octanol–water partition coefficient (Wildman–Crippen LogP) is 3.24. The lowest BCUT2D eigenvalue weighted by Gasteiger charge is -2.42. The normalized spacial score (nSPS) is 18.6. The molecule has 1 aromatic heterocycles. The van der Waals surface area contributed by atoms with Crippen LogP contribution in [0.3, 0.4) is 0 Å². The third-order valence-electron chi connectivity index (χ3n) is 5.97. The van der Waals surface area contributed by atoms with Gasteiger partial charge in [0.1, 0.15) is 11.3 Å². The second-order valence-electron chi connectivity index (χ2n) is 7.16. The average Bonchev–Trinajstić information content (AvgIpc) is 3.20. The van der Waals surface area contributed by atoms with Crippen molar-refractivity contribution in [2.45, 2.75) is 25.4 Å². The zero-order valence-electron chi connectivity index (χ0n) is 15.8. The molecule has 6 nitrogen and oxygen atoms in total. The largest absolute Gasteiger partial charge is 0.494 e. The third-order valence-corrected chi connectivity index (χ3v) is 5.97. The molecule has 0 radical (unpaired) electrons. The van der Waals surface area contributed by atoms with Gasteiger partial charge < -0.3 is 19.2 Å². The minimum atomic E-state index is 0.316. The lowest BCUT2D eigenvalue weighted by atomic mass is 9.83. The Balaban J connectivity index is 1.65. The van der Waals surface area contributed by atoms with Gasteiger partial charge in [0, 0.05) is 30.3 Å². The number of imidazole rings is 1. The molecule has 3 heterocycles. The van der Waals surface area contributed by atoms with Crippen LogP contribution in [0.4, 0.5) is 0 Å². The summed E-state index contributed by atoms with van der Waals surface area (Å²) in [4.78, 5) is 10.4. The summed E-state index contributed by atoms with van der Waals surface area (Å²) in [6, 6.07) is 6.68. The number of rotatable bonds is 3. The first kappa shape index (κ1) is 16.4. The van der Waals surface area contributed by atoms with Crippen LogP contribution < -0.4 is 14.2 Å². The first-order valence-corrected chi connectivity index (χ1v) is 9.24. The van der Waals surface area contributed by atoms with Gasteiger partial charge in [0.05, 0.1) is 33.2 Å². The molecule has 5 rings (SSSR count). The number of hydrogen-bond donors (Lipinski definition) is 1. The van der Waals surface area contributed by atoms with Crippen molar-refractivity contribution in [3.8, 4) is 17.2 Å². The second-order valence-corrected chi connectivity index (χ2v) is 7.16. The van der Waals surface area contributed by atoms with E-state index in [2.05, 4.69) is 27.0 Å². The minimum Gasteiger partial charge on any atom is -0.494 e. The number of ether oxygens (including phenoxy) is 3. The van der Waals surface area contributed by atoms with Crippen LogP contribution in [0.15, 0.2) is 24.5 Å². The Bertz CT molecular complexity index is 1030. The van der Waals surface area contributed by atoms with E-state index in [1.165, 1.54) is 22.3 Å². The monoisotopic (exact) mass is 365 g/mol. The van der Waals surface area contributed by atoms with Crippen LogP contribution in [-0.2, 0) is 19.4 Å². The van der Waals surface area contributed by atoms with Gasteiger partial charge in [-0.3, -0.25) is 4.90 Å². The van der Waals surface area contributed by atoms with Crippen molar-refractivity contribution in [1.82, 2.24) is 14.9 Å². The van der Waals surface area contributed by atoms with Crippen molar-refractivity contribution in [2.24, 2.45) is 0 Å². The highest BCUT2D eigenvalue weighted by Crippen LogP contribution is 2.46. The van der Waals surface area contributed by atoms with Gasteiger partial charge in [-0.1, -0.05) is 6.07 Å². The van der Waals surface area contributed by atoms with Gasteiger partial charge in [-0.2, -0.15) is 0 Å². The molecule has 140 valence electrons. The van der Waals surface area contributed by atoms with Crippen molar-refractivity contribution >= 4 is 11.0 Å². The Morgan fingerprint density at radius 3 is 2.70 bits per heavy atom. The summed E-state index contributed by atoms with van der Waals surface area (Å²) < 4.78 is 16.8. The molecule has 2 aliphatic rings. The molecule has 3 aromatic rings. The van der Waals surface area contributed by atoms with E-state index in [4.69, 9.17) is 14.2 Å². The van der Waals surface area contributed by atoms with Gasteiger partial charge in [-0.25, -0.2) is 4.98 Å². The number of aromatic amines is 1. The van der Waals surface area contributed by atoms with E-state index in [0.717, 1.165) is 54.2 Å². The fourth-order valence-electron chi connectivity index (χ4n) is 4.72. The molecule has 0 saturated heterocycles. The molecule has 6 heteroatoms. The zero-order chi connectivity index (χ0) is 18.5. The lowest BCUT2D eigenvalue weighted by molar-refractivity contribution is 0.159. The molecule has 1 atom stereocenters. The van der Waals surface area contributed by atoms with Gasteiger partial charge in [0.15, 0.2) is 11.5 Å². The summed E-state index contributed by atoms with van der Waals surface area (Å²) in [5.41, 5.74) is 7.25. The molecule has 0 fully saturated rings. The summed E-state index contributed by atoms with van der Waals surface area (Å²) in [5, 5.41) is 0. The van der Waals surface area contributed by atoms with Crippen LogP contribution in [0.1, 0.15) is 28.3 Å². The zero-order valence-corrected chi connectivity index (χ0v) is 15.8. The van der Waals surface area contributed by atoms with Crippen molar-refractivity contribution < 1.29 is 14.2 Å². The molecule has 0 bridgehead atoms. The number of hydrogen-bond acceptors (Lipinski definition) is 5. The van der Waals surface area contributed by atoms with E-state index < -0.39 is 0 Å². The van der Waals surface area contributed by atoms with Crippen molar-refractivity contribution in [1.29, 1.82) is 0 Å². The highest BCUT2D eigenvalue weighted by atomic mass is 16.5. The number of methoxy groups -OCH3 is 3. The van der Waals surface area contributed by atoms with Crippen LogP contribution in [0.25, 0.3) is 11.0 Å².